The van der Waals surface area contributed by atoms with E-state index in [1.165, 1.54) is 31.8 Å². The number of carbonyl (C=O) groups is 2. The van der Waals surface area contributed by atoms with Crippen LogP contribution in [0, 0.1) is 0 Å². The Hall–Kier alpha value is -2.92. The minimum Gasteiger partial charge on any atom is -0.494 e. The van der Waals surface area contributed by atoms with E-state index >= 15 is 0 Å². The molecule has 2 rings (SSSR count). The maximum atomic E-state index is 12.2. The summed E-state index contributed by atoms with van der Waals surface area (Å²) in [5, 5.41) is 5.00. The highest BCUT2D eigenvalue weighted by Crippen LogP contribution is 2.25. The molecule has 1 unspecified atom stereocenters. The maximum absolute atomic E-state index is 12.2. The molecule has 0 fully saturated rings. The first kappa shape index (κ1) is 39.3. The molecule has 9 nitrogen and oxygen atoms in total. The van der Waals surface area contributed by atoms with E-state index in [2.05, 4.69) is 24.4 Å². The highest BCUT2D eigenvalue weighted by Gasteiger charge is 2.46. The Kier molecular flexibility index (Phi) is 20.0. The van der Waals surface area contributed by atoms with Crippen LogP contribution in [0.15, 0.2) is 42.5 Å². The quantitative estimate of drug-likeness (QED) is 0.0490. The number of rotatable bonds is 25. The van der Waals surface area contributed by atoms with Gasteiger partial charge in [0.2, 0.25) is 0 Å². The topological polar surface area (TPSA) is 102 Å². The maximum Gasteiger partial charge on any atom is 0.505 e. The summed E-state index contributed by atoms with van der Waals surface area (Å²) in [5.41, 5.74) is 0.834. The van der Waals surface area contributed by atoms with Crippen LogP contribution in [0.25, 0.3) is 16.8 Å². The van der Waals surface area contributed by atoms with Crippen molar-refractivity contribution in [3.63, 3.8) is 0 Å². The van der Waals surface area contributed by atoms with Crippen molar-refractivity contribution in [3.05, 3.63) is 48.0 Å². The van der Waals surface area contributed by atoms with Gasteiger partial charge in [-0.2, -0.15) is 0 Å². The molecule has 0 aliphatic rings. The molecule has 0 aromatic heterocycles. The average molecular weight is 660 g/mol. The van der Waals surface area contributed by atoms with Gasteiger partial charge < -0.3 is 32.8 Å². The van der Waals surface area contributed by atoms with Crippen LogP contribution in [0.5, 0.6) is 5.75 Å². The van der Waals surface area contributed by atoms with Gasteiger partial charge in [-0.1, -0.05) is 57.7 Å². The van der Waals surface area contributed by atoms with Crippen LogP contribution in [0.4, 0.5) is 4.79 Å². The molecule has 10 heteroatoms. The standard InChI is InChI=1S/C36H57NO8Si/c1-6-10-11-12-15-24-40-34-22-21-32-27-31(18-20-33(32)28-34)19-23-35(38)41-25-16-13-14-17-26-42-36(39)37-29-30(5)46(43-7-2,44-8-3)45-9-4/h18-23,27-28,30H,6-17,24-26,29H2,1-5H3,(H,37,39)/b23-19+. The molecule has 0 saturated heterocycles. The Morgan fingerprint density at radius 2 is 1.33 bits per heavy atom. The van der Waals surface area contributed by atoms with Crippen molar-refractivity contribution in [1.29, 1.82) is 0 Å². The van der Waals surface area contributed by atoms with Gasteiger partial charge in [0.1, 0.15) is 5.75 Å². The summed E-state index contributed by atoms with van der Waals surface area (Å²) in [5.74, 6) is 0.530. The van der Waals surface area contributed by atoms with Crippen molar-refractivity contribution in [2.45, 2.75) is 97.9 Å². The zero-order chi connectivity index (χ0) is 33.5. The number of benzene rings is 2. The van der Waals surface area contributed by atoms with E-state index < -0.39 is 14.9 Å². The SMILES string of the molecule is CCCCCCCOc1ccc2cc(/C=C/C(=O)OCCCCCCOC(=O)NCC(C)[Si](OCC)(OCC)OCC)ccc2c1. The van der Waals surface area contributed by atoms with Crippen LogP contribution in [0.2, 0.25) is 5.54 Å². The summed E-state index contributed by atoms with van der Waals surface area (Å²) in [6.07, 6.45) is 12.1. The van der Waals surface area contributed by atoms with Gasteiger partial charge >= 0.3 is 20.9 Å². The van der Waals surface area contributed by atoms with Crippen LogP contribution in [0.3, 0.4) is 0 Å². The third kappa shape index (κ3) is 15.1. The fraction of sp³-hybridized carbons (Fsp3) is 0.611. The smallest absolute Gasteiger partial charge is 0.494 e. The molecule has 2 aromatic carbocycles. The molecule has 0 bridgehead atoms. The van der Waals surface area contributed by atoms with Gasteiger partial charge in [0.05, 0.1) is 19.8 Å². The van der Waals surface area contributed by atoms with Crippen molar-refractivity contribution < 1.29 is 37.1 Å². The average Bonchev–Trinajstić information content (AvgIpc) is 3.05. The molecule has 0 aliphatic carbocycles. The lowest BCUT2D eigenvalue weighted by molar-refractivity contribution is -0.137. The van der Waals surface area contributed by atoms with Gasteiger partial charge in [-0.05, 0) is 93.5 Å². The second-order valence-electron chi connectivity index (χ2n) is 11.3. The Morgan fingerprint density at radius 1 is 0.739 bits per heavy atom. The van der Waals surface area contributed by atoms with Crippen LogP contribution in [-0.2, 0) is 27.5 Å². The second-order valence-corrected chi connectivity index (χ2v) is 14.3. The summed E-state index contributed by atoms with van der Waals surface area (Å²) >= 11 is 0. The molecule has 2 aromatic rings. The fourth-order valence-corrected chi connectivity index (χ4v) is 7.67. The summed E-state index contributed by atoms with van der Waals surface area (Å²) in [7, 11) is -2.89. The van der Waals surface area contributed by atoms with E-state index in [0.29, 0.717) is 39.6 Å². The van der Waals surface area contributed by atoms with Crippen LogP contribution >= 0.6 is 0 Å². The largest absolute Gasteiger partial charge is 0.505 e. The van der Waals surface area contributed by atoms with Gasteiger partial charge in [0.15, 0.2) is 0 Å². The first-order chi connectivity index (χ1) is 22.4. The van der Waals surface area contributed by atoms with Crippen molar-refractivity contribution in [2.75, 3.05) is 46.2 Å². The van der Waals surface area contributed by atoms with Crippen LogP contribution < -0.4 is 10.1 Å². The molecule has 1 atom stereocenters. The van der Waals surface area contributed by atoms with Crippen molar-refractivity contribution in [2.24, 2.45) is 0 Å². The Morgan fingerprint density at radius 3 is 1.98 bits per heavy atom. The predicted molar refractivity (Wildman–Crippen MR) is 186 cm³/mol. The van der Waals surface area contributed by atoms with Gasteiger partial charge in [-0.25, -0.2) is 9.59 Å². The molecule has 0 heterocycles. The molecule has 1 N–H and O–H groups in total. The monoisotopic (exact) mass is 659 g/mol. The van der Waals surface area contributed by atoms with E-state index in [0.717, 1.165) is 60.8 Å². The molecule has 0 saturated carbocycles. The summed E-state index contributed by atoms with van der Waals surface area (Å²) in [4.78, 5) is 24.3. The predicted octanol–water partition coefficient (Wildman–Crippen LogP) is 8.47. The molecule has 258 valence electrons. The third-order valence-corrected chi connectivity index (χ3v) is 11.0. The van der Waals surface area contributed by atoms with Crippen LogP contribution in [0.1, 0.15) is 98.0 Å². The lowest BCUT2D eigenvalue weighted by Crippen LogP contribution is -2.52. The summed E-state index contributed by atoms with van der Waals surface area (Å²) in [6, 6.07) is 12.2. The number of alkyl carbamates (subject to hydrolysis) is 1. The van der Waals surface area contributed by atoms with Gasteiger partial charge in [-0.15, -0.1) is 0 Å². The Bertz CT molecular complexity index is 1160. The van der Waals surface area contributed by atoms with Gasteiger partial charge in [-0.3, -0.25) is 0 Å². The minimum atomic E-state index is -2.89. The fourth-order valence-electron chi connectivity index (χ4n) is 5.01. The van der Waals surface area contributed by atoms with Crippen LogP contribution in [-0.4, -0.2) is 67.1 Å². The number of esters is 1. The lowest BCUT2D eigenvalue weighted by Gasteiger charge is -2.33. The molecule has 46 heavy (non-hydrogen) atoms. The number of fused-ring (bicyclic) bond motifs is 1. The highest BCUT2D eigenvalue weighted by atomic mass is 28.4. The van der Waals surface area contributed by atoms with Gasteiger partial charge in [0, 0.05) is 38.0 Å². The van der Waals surface area contributed by atoms with E-state index in [-0.39, 0.29) is 11.5 Å². The number of hydrogen-bond donors (Lipinski definition) is 1. The normalized spacial score (nSPS) is 12.4. The van der Waals surface area contributed by atoms with E-state index in [1.807, 2.05) is 52.0 Å². The molecule has 0 radical (unpaired) electrons. The number of carbonyl (C=O) groups excluding carboxylic acids is 2. The zero-order valence-electron chi connectivity index (χ0n) is 28.8. The number of amides is 1. The van der Waals surface area contributed by atoms with E-state index in [4.69, 9.17) is 27.5 Å². The summed E-state index contributed by atoms with van der Waals surface area (Å²) in [6.45, 7) is 13.1. The molecule has 1 amide bonds. The van der Waals surface area contributed by atoms with Gasteiger partial charge in [0.25, 0.3) is 0 Å². The zero-order valence-corrected chi connectivity index (χ0v) is 29.8. The van der Waals surface area contributed by atoms with E-state index in [1.54, 1.807) is 6.08 Å². The van der Waals surface area contributed by atoms with Crippen molar-refractivity contribution in [3.8, 4) is 5.75 Å². The Labute approximate surface area is 277 Å². The number of ether oxygens (including phenoxy) is 3. The molecule has 0 aliphatic heterocycles. The first-order valence-electron chi connectivity index (χ1n) is 17.2. The first-order valence-corrected chi connectivity index (χ1v) is 19.0. The number of hydrogen-bond acceptors (Lipinski definition) is 8. The molecular weight excluding hydrogens is 602 g/mol. The highest BCUT2D eigenvalue weighted by molar-refractivity contribution is 6.62. The second kappa shape index (κ2) is 23.4. The minimum absolute atomic E-state index is 0.103. The van der Waals surface area contributed by atoms with Crippen molar-refractivity contribution in [1.82, 2.24) is 5.32 Å². The molecular formula is C36H57NO8Si. The van der Waals surface area contributed by atoms with E-state index in [9.17, 15) is 9.59 Å². The third-order valence-electron chi connectivity index (χ3n) is 7.47. The lowest BCUT2D eigenvalue weighted by atomic mass is 10.1. The Balaban J connectivity index is 1.59. The number of nitrogens with one attached hydrogen (secondary N) is 1. The molecule has 0 spiro atoms. The van der Waals surface area contributed by atoms with Crippen molar-refractivity contribution >= 4 is 37.7 Å². The number of unbranched alkanes of at least 4 members (excludes halogenated alkanes) is 7. The summed E-state index contributed by atoms with van der Waals surface area (Å²) < 4.78 is 34.3.